The van der Waals surface area contributed by atoms with E-state index in [1.165, 1.54) is 7.11 Å². The van der Waals surface area contributed by atoms with Gasteiger partial charge < -0.3 is 19.5 Å². The van der Waals surface area contributed by atoms with Crippen LogP contribution in [-0.4, -0.2) is 51.1 Å². The molecule has 0 spiro atoms. The number of carbonyl (C=O) groups is 1. The number of hydrogen-bond acceptors (Lipinski definition) is 5. The first-order valence-corrected chi connectivity index (χ1v) is 6.65. The largest absolute Gasteiger partial charge is 0.468 e. The van der Waals surface area contributed by atoms with E-state index >= 15 is 0 Å². The van der Waals surface area contributed by atoms with Crippen molar-refractivity contribution in [1.82, 2.24) is 5.32 Å². The van der Waals surface area contributed by atoms with Gasteiger partial charge in [0.05, 0.1) is 13.2 Å². The molecule has 1 heterocycles. The topological polar surface area (TPSA) is 56.8 Å². The Morgan fingerprint density at radius 3 is 2.67 bits per heavy atom. The molecule has 0 aromatic heterocycles. The molecule has 5 nitrogen and oxygen atoms in total. The lowest BCUT2D eigenvalue weighted by atomic mass is 9.98. The van der Waals surface area contributed by atoms with E-state index in [1.54, 1.807) is 0 Å². The van der Waals surface area contributed by atoms with Crippen LogP contribution in [-0.2, 0) is 19.0 Å². The van der Waals surface area contributed by atoms with Crippen LogP contribution < -0.4 is 5.32 Å². The Kier molecular flexibility index (Phi) is 6.60. The molecule has 1 aliphatic rings. The maximum absolute atomic E-state index is 11.7. The highest BCUT2D eigenvalue weighted by atomic mass is 16.5. The van der Waals surface area contributed by atoms with Gasteiger partial charge in [-0.25, -0.2) is 0 Å². The summed E-state index contributed by atoms with van der Waals surface area (Å²) in [4.78, 5) is 11.7. The van der Waals surface area contributed by atoms with Gasteiger partial charge in [0.2, 0.25) is 0 Å². The van der Waals surface area contributed by atoms with E-state index in [2.05, 4.69) is 5.32 Å². The molecule has 1 atom stereocenters. The Hall–Kier alpha value is -0.650. The number of ether oxygens (including phenoxy) is 3. The average Bonchev–Trinajstić information content (AvgIpc) is 2.39. The van der Waals surface area contributed by atoms with Gasteiger partial charge in [-0.1, -0.05) is 6.92 Å². The summed E-state index contributed by atoms with van der Waals surface area (Å²) in [6.45, 7) is 6.65. The fraction of sp³-hybridized carbons (Fsp3) is 0.923. The zero-order chi connectivity index (χ0) is 13.4. The van der Waals surface area contributed by atoms with Gasteiger partial charge in [-0.05, 0) is 32.7 Å². The molecular weight excluding hydrogens is 234 g/mol. The summed E-state index contributed by atoms with van der Waals surface area (Å²) in [5.74, 6) is -0.236. The molecule has 5 heteroatoms. The van der Waals surface area contributed by atoms with E-state index < -0.39 is 5.54 Å². The van der Waals surface area contributed by atoms with Crippen molar-refractivity contribution in [2.45, 2.75) is 44.8 Å². The predicted molar refractivity (Wildman–Crippen MR) is 68.5 cm³/mol. The molecule has 1 N–H and O–H groups in total. The van der Waals surface area contributed by atoms with Gasteiger partial charge in [-0.2, -0.15) is 0 Å². The summed E-state index contributed by atoms with van der Waals surface area (Å²) < 4.78 is 15.9. The van der Waals surface area contributed by atoms with Crippen LogP contribution in [0.4, 0.5) is 0 Å². The smallest absolute Gasteiger partial charge is 0.325 e. The van der Waals surface area contributed by atoms with Crippen molar-refractivity contribution >= 4 is 5.97 Å². The van der Waals surface area contributed by atoms with Crippen LogP contribution in [0.5, 0.6) is 0 Å². The number of carbonyl (C=O) groups excluding carboxylic acids is 1. The second kappa shape index (κ2) is 7.71. The van der Waals surface area contributed by atoms with E-state index in [-0.39, 0.29) is 12.1 Å². The van der Waals surface area contributed by atoms with Gasteiger partial charge in [0.1, 0.15) is 5.54 Å². The number of methoxy groups -OCH3 is 1. The lowest BCUT2D eigenvalue weighted by molar-refractivity contribution is -0.149. The molecule has 0 radical (unpaired) electrons. The quantitative estimate of drug-likeness (QED) is 0.694. The maximum Gasteiger partial charge on any atom is 0.325 e. The van der Waals surface area contributed by atoms with Crippen molar-refractivity contribution in [3.05, 3.63) is 0 Å². The highest BCUT2D eigenvalue weighted by Crippen LogP contribution is 2.15. The Labute approximate surface area is 109 Å². The molecule has 1 saturated heterocycles. The molecule has 0 bridgehead atoms. The highest BCUT2D eigenvalue weighted by Gasteiger charge is 2.33. The van der Waals surface area contributed by atoms with Crippen LogP contribution in [0.3, 0.4) is 0 Å². The number of likely N-dealkylation sites (N-methyl/N-ethyl adjacent to an activating group) is 1. The van der Waals surface area contributed by atoms with Crippen LogP contribution in [0.1, 0.15) is 33.1 Å². The number of hydrogen-bond donors (Lipinski definition) is 1. The van der Waals surface area contributed by atoms with Crippen LogP contribution in [0.25, 0.3) is 0 Å². The molecule has 1 aliphatic heterocycles. The fourth-order valence-corrected chi connectivity index (χ4v) is 2.15. The van der Waals surface area contributed by atoms with Gasteiger partial charge in [0, 0.05) is 19.8 Å². The first kappa shape index (κ1) is 15.4. The van der Waals surface area contributed by atoms with E-state index in [0.29, 0.717) is 13.0 Å². The lowest BCUT2D eigenvalue weighted by Gasteiger charge is -2.29. The van der Waals surface area contributed by atoms with Crippen molar-refractivity contribution < 1.29 is 19.0 Å². The van der Waals surface area contributed by atoms with Crippen molar-refractivity contribution in [2.75, 3.05) is 33.5 Å². The number of nitrogens with one attached hydrogen (secondary N) is 1. The zero-order valence-corrected chi connectivity index (χ0v) is 11.7. The summed E-state index contributed by atoms with van der Waals surface area (Å²) in [7, 11) is 1.41. The normalized spacial score (nSPS) is 20.4. The zero-order valence-electron chi connectivity index (χ0n) is 11.7. The summed E-state index contributed by atoms with van der Waals surface area (Å²) in [6.07, 6.45) is 2.76. The summed E-state index contributed by atoms with van der Waals surface area (Å²) in [6, 6.07) is 0. The average molecular weight is 259 g/mol. The molecule has 0 amide bonds. The van der Waals surface area contributed by atoms with E-state index in [1.807, 2.05) is 13.8 Å². The SMILES string of the molecule is CCNC(C)(CCOC1CCOCC1)C(=O)OC. The molecule has 0 saturated carbocycles. The molecule has 0 aromatic carbocycles. The highest BCUT2D eigenvalue weighted by molar-refractivity contribution is 5.80. The second-order valence-electron chi connectivity index (χ2n) is 4.79. The van der Waals surface area contributed by atoms with Crippen molar-refractivity contribution in [3.8, 4) is 0 Å². The second-order valence-corrected chi connectivity index (χ2v) is 4.79. The van der Waals surface area contributed by atoms with Crippen molar-refractivity contribution in [3.63, 3.8) is 0 Å². The monoisotopic (exact) mass is 259 g/mol. The third-order valence-corrected chi connectivity index (χ3v) is 3.33. The third-order valence-electron chi connectivity index (χ3n) is 3.33. The lowest BCUT2D eigenvalue weighted by Crippen LogP contribution is -2.51. The van der Waals surface area contributed by atoms with Crippen molar-refractivity contribution in [2.24, 2.45) is 0 Å². The molecule has 106 valence electrons. The Morgan fingerprint density at radius 1 is 1.44 bits per heavy atom. The van der Waals surface area contributed by atoms with Gasteiger partial charge in [0.15, 0.2) is 0 Å². The van der Waals surface area contributed by atoms with E-state index in [9.17, 15) is 4.79 Å². The molecule has 1 rings (SSSR count). The number of esters is 1. The molecule has 18 heavy (non-hydrogen) atoms. The standard InChI is InChI=1S/C13H25NO4/c1-4-14-13(2,12(15)16-3)7-10-18-11-5-8-17-9-6-11/h11,14H,4-10H2,1-3H3. The minimum absolute atomic E-state index is 0.236. The van der Waals surface area contributed by atoms with Gasteiger partial charge in [0.25, 0.3) is 0 Å². The Bertz CT molecular complexity index is 253. The van der Waals surface area contributed by atoms with Gasteiger partial charge >= 0.3 is 5.97 Å². The first-order valence-electron chi connectivity index (χ1n) is 6.65. The Balaban J connectivity index is 2.34. The first-order chi connectivity index (χ1) is 8.62. The van der Waals surface area contributed by atoms with Crippen LogP contribution in [0, 0.1) is 0 Å². The molecule has 1 fully saturated rings. The fourth-order valence-electron chi connectivity index (χ4n) is 2.15. The molecule has 1 unspecified atom stereocenters. The third kappa shape index (κ3) is 4.55. The van der Waals surface area contributed by atoms with Crippen LogP contribution in [0.2, 0.25) is 0 Å². The Morgan fingerprint density at radius 2 is 2.11 bits per heavy atom. The summed E-state index contributed by atoms with van der Waals surface area (Å²) >= 11 is 0. The van der Waals surface area contributed by atoms with Gasteiger partial charge in [-0.15, -0.1) is 0 Å². The van der Waals surface area contributed by atoms with Crippen LogP contribution in [0.15, 0.2) is 0 Å². The van der Waals surface area contributed by atoms with E-state index in [0.717, 1.165) is 32.6 Å². The molecular formula is C13H25NO4. The summed E-state index contributed by atoms with van der Waals surface area (Å²) in [5, 5.41) is 3.17. The van der Waals surface area contributed by atoms with Gasteiger partial charge in [-0.3, -0.25) is 4.79 Å². The minimum atomic E-state index is -0.658. The molecule has 0 aliphatic carbocycles. The maximum atomic E-state index is 11.7. The minimum Gasteiger partial charge on any atom is -0.468 e. The van der Waals surface area contributed by atoms with Crippen LogP contribution >= 0.6 is 0 Å². The van der Waals surface area contributed by atoms with Crippen molar-refractivity contribution in [1.29, 1.82) is 0 Å². The summed E-state index contributed by atoms with van der Waals surface area (Å²) in [5.41, 5.74) is -0.658. The van der Waals surface area contributed by atoms with E-state index in [4.69, 9.17) is 14.2 Å². The molecule has 0 aromatic rings. The predicted octanol–water partition coefficient (Wildman–Crippen LogP) is 1.11. The number of rotatable bonds is 7.